The van der Waals surface area contributed by atoms with Gasteiger partial charge in [-0.15, -0.1) is 0 Å². The second-order valence-electron chi connectivity index (χ2n) is 5.08. The van der Waals surface area contributed by atoms with E-state index in [-0.39, 0.29) is 5.56 Å². The largest absolute Gasteiger partial charge is 0.496 e. The molecular weight excluding hydrogens is 396 g/mol. The van der Waals surface area contributed by atoms with Gasteiger partial charge in [-0.1, -0.05) is 22.0 Å². The van der Waals surface area contributed by atoms with Crippen LogP contribution in [0.2, 0.25) is 0 Å². The molecule has 24 heavy (non-hydrogen) atoms. The fourth-order valence-electron chi connectivity index (χ4n) is 2.03. The Morgan fingerprint density at radius 2 is 1.92 bits per heavy atom. The van der Waals surface area contributed by atoms with Crippen LogP contribution in [0.4, 0.5) is 11.4 Å². The average molecular weight is 413 g/mol. The average Bonchev–Trinajstić information content (AvgIpc) is 2.52. The first-order chi connectivity index (χ1) is 11.2. The summed E-state index contributed by atoms with van der Waals surface area (Å²) < 4.78 is 30.5. The molecule has 0 saturated heterocycles. The lowest BCUT2D eigenvalue weighted by Gasteiger charge is -2.18. The van der Waals surface area contributed by atoms with E-state index in [9.17, 15) is 13.2 Å². The van der Waals surface area contributed by atoms with Crippen LogP contribution >= 0.6 is 15.9 Å². The number of hydrogen-bond acceptors (Lipinski definition) is 4. The maximum Gasteiger partial charge on any atom is 0.259 e. The summed E-state index contributed by atoms with van der Waals surface area (Å²) in [6.07, 6.45) is 1.10. The maximum atomic E-state index is 12.6. The van der Waals surface area contributed by atoms with Crippen molar-refractivity contribution in [2.75, 3.05) is 30.0 Å². The minimum atomic E-state index is -3.43. The van der Waals surface area contributed by atoms with Crippen molar-refractivity contribution in [1.29, 1.82) is 0 Å². The topological polar surface area (TPSA) is 75.7 Å². The molecule has 0 aromatic heterocycles. The lowest BCUT2D eigenvalue weighted by atomic mass is 10.1. The van der Waals surface area contributed by atoms with E-state index in [2.05, 4.69) is 21.2 Å². The second-order valence-corrected chi connectivity index (χ2v) is 8.01. The van der Waals surface area contributed by atoms with Gasteiger partial charge in [0.2, 0.25) is 10.0 Å². The smallest absolute Gasteiger partial charge is 0.259 e. The second kappa shape index (κ2) is 7.23. The lowest BCUT2D eigenvalue weighted by Crippen LogP contribution is -2.25. The third kappa shape index (κ3) is 4.27. The molecule has 1 amide bonds. The first-order valence-electron chi connectivity index (χ1n) is 6.91. The van der Waals surface area contributed by atoms with E-state index < -0.39 is 15.9 Å². The predicted octanol–water partition coefficient (Wildman–Crippen LogP) is 3.11. The summed E-state index contributed by atoms with van der Waals surface area (Å²) >= 11 is 3.34. The van der Waals surface area contributed by atoms with Gasteiger partial charge in [-0.25, -0.2) is 8.42 Å². The van der Waals surface area contributed by atoms with E-state index in [1.807, 2.05) is 6.07 Å². The van der Waals surface area contributed by atoms with E-state index in [1.165, 1.54) is 20.2 Å². The molecule has 0 aliphatic heterocycles. The van der Waals surface area contributed by atoms with Gasteiger partial charge < -0.3 is 10.1 Å². The SMILES string of the molecule is COc1ccc(N(C)S(C)(=O)=O)cc1C(=O)Nc1cccc(Br)c1. The van der Waals surface area contributed by atoms with Crippen molar-refractivity contribution in [2.24, 2.45) is 0 Å². The molecule has 8 heteroatoms. The van der Waals surface area contributed by atoms with Crippen LogP contribution in [0.25, 0.3) is 0 Å². The highest BCUT2D eigenvalue weighted by atomic mass is 79.9. The van der Waals surface area contributed by atoms with Gasteiger partial charge in [-0.3, -0.25) is 9.10 Å². The number of ether oxygens (including phenoxy) is 1. The van der Waals surface area contributed by atoms with Gasteiger partial charge in [0, 0.05) is 17.2 Å². The number of carbonyl (C=O) groups is 1. The number of sulfonamides is 1. The number of halogens is 1. The normalized spacial score (nSPS) is 11.0. The first kappa shape index (κ1) is 18.3. The molecule has 2 aromatic carbocycles. The van der Waals surface area contributed by atoms with Crippen LogP contribution in [-0.4, -0.2) is 34.7 Å². The Labute approximate surface area is 149 Å². The molecule has 0 aliphatic carbocycles. The van der Waals surface area contributed by atoms with Crippen LogP contribution in [0.15, 0.2) is 46.9 Å². The van der Waals surface area contributed by atoms with Gasteiger partial charge >= 0.3 is 0 Å². The third-order valence-corrected chi connectivity index (χ3v) is 5.07. The first-order valence-corrected chi connectivity index (χ1v) is 9.55. The van der Waals surface area contributed by atoms with Gasteiger partial charge in [-0.2, -0.15) is 0 Å². The molecule has 0 radical (unpaired) electrons. The Hall–Kier alpha value is -2.06. The number of nitrogens with one attached hydrogen (secondary N) is 1. The molecule has 0 atom stereocenters. The molecule has 128 valence electrons. The van der Waals surface area contributed by atoms with Crippen LogP contribution in [0.1, 0.15) is 10.4 Å². The fourth-order valence-corrected chi connectivity index (χ4v) is 2.92. The predicted molar refractivity (Wildman–Crippen MR) is 98.3 cm³/mol. The minimum absolute atomic E-state index is 0.241. The van der Waals surface area contributed by atoms with E-state index in [4.69, 9.17) is 4.74 Å². The zero-order valence-electron chi connectivity index (χ0n) is 13.4. The van der Waals surface area contributed by atoms with Gasteiger partial charge in [-0.05, 0) is 36.4 Å². The number of anilines is 2. The molecule has 2 rings (SSSR count). The van der Waals surface area contributed by atoms with Crippen LogP contribution in [-0.2, 0) is 10.0 Å². The maximum absolute atomic E-state index is 12.6. The number of benzene rings is 2. The van der Waals surface area contributed by atoms with Crippen molar-refractivity contribution in [3.63, 3.8) is 0 Å². The molecule has 0 spiro atoms. The van der Waals surface area contributed by atoms with Crippen molar-refractivity contribution < 1.29 is 17.9 Å². The molecule has 6 nitrogen and oxygen atoms in total. The third-order valence-electron chi connectivity index (χ3n) is 3.37. The summed E-state index contributed by atoms with van der Waals surface area (Å²) in [7, 11) is -0.554. The highest BCUT2D eigenvalue weighted by Gasteiger charge is 2.18. The van der Waals surface area contributed by atoms with Gasteiger partial charge in [0.05, 0.1) is 24.6 Å². The quantitative estimate of drug-likeness (QED) is 0.818. The summed E-state index contributed by atoms with van der Waals surface area (Å²) in [6, 6.07) is 11.8. The highest BCUT2D eigenvalue weighted by molar-refractivity contribution is 9.10. The van der Waals surface area contributed by atoms with Crippen LogP contribution < -0.4 is 14.4 Å². The molecular formula is C16H17BrN2O4S. The van der Waals surface area contributed by atoms with Crippen molar-refractivity contribution in [3.05, 3.63) is 52.5 Å². The van der Waals surface area contributed by atoms with Gasteiger partial charge in [0.25, 0.3) is 5.91 Å². The van der Waals surface area contributed by atoms with Crippen LogP contribution in [0.5, 0.6) is 5.75 Å². The molecule has 0 saturated carbocycles. The zero-order chi connectivity index (χ0) is 17.9. The fraction of sp³-hybridized carbons (Fsp3) is 0.188. The standard InChI is InChI=1S/C16H17BrN2O4S/c1-19(24(3,21)22)13-7-8-15(23-2)14(10-13)16(20)18-12-6-4-5-11(17)9-12/h4-10H,1-3H3,(H,18,20). The summed E-state index contributed by atoms with van der Waals surface area (Å²) in [5, 5.41) is 2.76. The van der Waals surface area contributed by atoms with E-state index in [0.717, 1.165) is 15.0 Å². The van der Waals surface area contributed by atoms with Crippen molar-refractivity contribution in [2.45, 2.75) is 0 Å². The minimum Gasteiger partial charge on any atom is -0.496 e. The van der Waals surface area contributed by atoms with Crippen molar-refractivity contribution in [3.8, 4) is 5.75 Å². The van der Waals surface area contributed by atoms with E-state index in [1.54, 1.807) is 30.3 Å². The Balaban J connectivity index is 2.38. The monoisotopic (exact) mass is 412 g/mol. The molecule has 0 heterocycles. The summed E-state index contributed by atoms with van der Waals surface area (Å²) in [5.74, 6) is -0.0400. The molecule has 0 aliphatic rings. The zero-order valence-corrected chi connectivity index (χ0v) is 15.8. The lowest BCUT2D eigenvalue weighted by molar-refractivity contribution is 0.102. The molecule has 1 N–H and O–H groups in total. The molecule has 0 unspecified atom stereocenters. The number of methoxy groups -OCH3 is 1. The van der Waals surface area contributed by atoms with Crippen LogP contribution in [0, 0.1) is 0 Å². The number of rotatable bonds is 5. The molecule has 0 fully saturated rings. The Kier molecular flexibility index (Phi) is 5.51. The van der Waals surface area contributed by atoms with Gasteiger partial charge in [0.15, 0.2) is 0 Å². The van der Waals surface area contributed by atoms with Gasteiger partial charge in [0.1, 0.15) is 5.75 Å². The Morgan fingerprint density at radius 1 is 1.21 bits per heavy atom. The number of carbonyl (C=O) groups excluding carboxylic acids is 1. The highest BCUT2D eigenvalue weighted by Crippen LogP contribution is 2.27. The van der Waals surface area contributed by atoms with Crippen molar-refractivity contribution in [1.82, 2.24) is 0 Å². The number of amides is 1. The number of hydrogen-bond donors (Lipinski definition) is 1. The molecule has 2 aromatic rings. The van der Waals surface area contributed by atoms with Crippen molar-refractivity contribution >= 4 is 43.2 Å². The van der Waals surface area contributed by atoms with Crippen LogP contribution in [0.3, 0.4) is 0 Å². The summed E-state index contributed by atoms with van der Waals surface area (Å²) in [5.41, 5.74) is 1.22. The Morgan fingerprint density at radius 3 is 2.50 bits per heavy atom. The van der Waals surface area contributed by atoms with E-state index in [0.29, 0.717) is 17.1 Å². The Bertz CT molecular complexity index is 868. The summed E-state index contributed by atoms with van der Waals surface area (Å²) in [4.78, 5) is 12.6. The van der Waals surface area contributed by atoms with E-state index >= 15 is 0 Å². The summed E-state index contributed by atoms with van der Waals surface area (Å²) in [6.45, 7) is 0. The number of nitrogens with zero attached hydrogens (tertiary/aromatic N) is 1. The molecule has 0 bridgehead atoms.